The second kappa shape index (κ2) is 5.80. The highest BCUT2D eigenvalue weighted by molar-refractivity contribution is 5.85. The lowest BCUT2D eigenvalue weighted by atomic mass is 9.82. The van der Waals surface area contributed by atoms with Crippen molar-refractivity contribution in [2.24, 2.45) is 11.8 Å². The number of benzene rings is 1. The molecule has 96 valence electrons. The average molecular weight is 246 g/mol. The number of esters is 1. The molecule has 0 aromatic heterocycles. The second-order valence-electron chi connectivity index (χ2n) is 5.08. The number of hydrogen-bond acceptors (Lipinski definition) is 3. The third-order valence-electron chi connectivity index (χ3n) is 3.29. The van der Waals surface area contributed by atoms with Crippen molar-refractivity contribution in [2.75, 3.05) is 0 Å². The highest BCUT2D eigenvalue weighted by Gasteiger charge is 2.30. The molecule has 1 saturated carbocycles. The summed E-state index contributed by atoms with van der Waals surface area (Å²) in [6, 6.07) is 9.58. The molecule has 1 aromatic carbocycles. The molecule has 0 aliphatic heterocycles. The van der Waals surface area contributed by atoms with E-state index >= 15 is 0 Å². The lowest BCUT2D eigenvalue weighted by molar-refractivity contribution is -0.153. The Balaban J connectivity index is 1.86. The summed E-state index contributed by atoms with van der Waals surface area (Å²) in [5.74, 6) is -0.0142. The van der Waals surface area contributed by atoms with Gasteiger partial charge in [-0.3, -0.25) is 9.59 Å². The Hall–Kier alpha value is -1.64. The van der Waals surface area contributed by atoms with Crippen LogP contribution in [-0.4, -0.2) is 11.8 Å². The average Bonchev–Trinajstić information content (AvgIpc) is 2.36. The predicted octanol–water partition coefficient (Wildman–Crippen LogP) is 2.74. The molecular formula is C15H18O3. The highest BCUT2D eigenvalue weighted by Crippen LogP contribution is 2.27. The summed E-state index contributed by atoms with van der Waals surface area (Å²) in [5.41, 5.74) is 0.973. The van der Waals surface area contributed by atoms with Crippen molar-refractivity contribution in [1.82, 2.24) is 0 Å². The van der Waals surface area contributed by atoms with Crippen LogP contribution in [0.25, 0.3) is 0 Å². The molecule has 0 heterocycles. The molecule has 2 atom stereocenters. The maximum absolute atomic E-state index is 11.9. The first-order valence-electron chi connectivity index (χ1n) is 6.37. The van der Waals surface area contributed by atoms with E-state index in [1.54, 1.807) is 0 Å². The summed E-state index contributed by atoms with van der Waals surface area (Å²) in [4.78, 5) is 23.3. The van der Waals surface area contributed by atoms with Gasteiger partial charge in [-0.2, -0.15) is 0 Å². The first kappa shape index (κ1) is 12.8. The van der Waals surface area contributed by atoms with Gasteiger partial charge in [0.15, 0.2) is 0 Å². The van der Waals surface area contributed by atoms with Crippen molar-refractivity contribution >= 4 is 11.8 Å². The van der Waals surface area contributed by atoms with E-state index in [1.807, 2.05) is 37.3 Å². The molecule has 3 heteroatoms. The third kappa shape index (κ3) is 3.42. The minimum Gasteiger partial charge on any atom is -0.461 e. The zero-order valence-electron chi connectivity index (χ0n) is 10.6. The lowest BCUT2D eigenvalue weighted by Crippen LogP contribution is -2.28. The fourth-order valence-corrected chi connectivity index (χ4v) is 2.43. The van der Waals surface area contributed by atoms with Gasteiger partial charge in [0, 0.05) is 12.8 Å². The molecule has 2 rings (SSSR count). The van der Waals surface area contributed by atoms with E-state index in [9.17, 15) is 9.59 Å². The minimum atomic E-state index is -0.245. The first-order chi connectivity index (χ1) is 8.65. The molecule has 0 N–H and O–H groups in total. The van der Waals surface area contributed by atoms with Gasteiger partial charge >= 0.3 is 5.97 Å². The van der Waals surface area contributed by atoms with Crippen LogP contribution in [0.1, 0.15) is 31.7 Å². The summed E-state index contributed by atoms with van der Waals surface area (Å²) < 4.78 is 5.27. The molecule has 1 aliphatic carbocycles. The Bertz CT molecular complexity index is 425. The first-order valence-corrected chi connectivity index (χ1v) is 6.37. The quantitative estimate of drug-likeness (QED) is 0.770. The summed E-state index contributed by atoms with van der Waals surface area (Å²) in [6.07, 6.45) is 1.71. The van der Waals surface area contributed by atoms with Crippen LogP contribution in [0.3, 0.4) is 0 Å². The number of ether oxygens (including phenoxy) is 1. The second-order valence-corrected chi connectivity index (χ2v) is 5.08. The van der Waals surface area contributed by atoms with Crippen LogP contribution in [0.15, 0.2) is 30.3 Å². The smallest absolute Gasteiger partial charge is 0.309 e. The SMILES string of the molecule is C[C@H]1CC(=O)C[C@H](C(=O)OCc2ccccc2)C1. The van der Waals surface area contributed by atoms with Gasteiger partial charge in [0.25, 0.3) is 0 Å². The van der Waals surface area contributed by atoms with E-state index in [0.29, 0.717) is 25.4 Å². The Kier molecular flexibility index (Phi) is 4.13. The maximum atomic E-state index is 11.9. The molecule has 18 heavy (non-hydrogen) atoms. The molecule has 1 aliphatic rings. The molecule has 1 aromatic rings. The van der Waals surface area contributed by atoms with Gasteiger partial charge < -0.3 is 4.74 Å². The van der Waals surface area contributed by atoms with Crippen LogP contribution in [0, 0.1) is 11.8 Å². The van der Waals surface area contributed by atoms with E-state index in [2.05, 4.69) is 0 Å². The normalized spacial score (nSPS) is 23.7. The molecule has 0 saturated heterocycles. The Morgan fingerprint density at radius 2 is 2.00 bits per heavy atom. The van der Waals surface area contributed by atoms with E-state index in [-0.39, 0.29) is 17.7 Å². The van der Waals surface area contributed by atoms with Crippen LogP contribution in [0.5, 0.6) is 0 Å². The highest BCUT2D eigenvalue weighted by atomic mass is 16.5. The molecule has 0 unspecified atom stereocenters. The Labute approximate surface area is 107 Å². The number of Topliss-reactive ketones (excluding diaryl/α,β-unsaturated/α-hetero) is 1. The van der Waals surface area contributed by atoms with Crippen LogP contribution in [0.2, 0.25) is 0 Å². The summed E-state index contributed by atoms with van der Waals surface area (Å²) in [6.45, 7) is 2.30. The fraction of sp³-hybridized carbons (Fsp3) is 0.467. The minimum absolute atomic E-state index is 0.176. The summed E-state index contributed by atoms with van der Waals surface area (Å²) in [5, 5.41) is 0. The van der Waals surface area contributed by atoms with Gasteiger partial charge in [-0.05, 0) is 17.9 Å². The van der Waals surface area contributed by atoms with Crippen molar-refractivity contribution in [3.63, 3.8) is 0 Å². The van der Waals surface area contributed by atoms with Crippen molar-refractivity contribution in [3.8, 4) is 0 Å². The van der Waals surface area contributed by atoms with E-state index in [4.69, 9.17) is 4.74 Å². The van der Waals surface area contributed by atoms with Crippen LogP contribution < -0.4 is 0 Å². The zero-order valence-corrected chi connectivity index (χ0v) is 10.6. The van der Waals surface area contributed by atoms with Gasteiger partial charge in [0.1, 0.15) is 12.4 Å². The number of carbonyl (C=O) groups is 2. The van der Waals surface area contributed by atoms with Crippen LogP contribution in [-0.2, 0) is 20.9 Å². The van der Waals surface area contributed by atoms with E-state index in [0.717, 1.165) is 12.0 Å². The number of ketones is 1. The third-order valence-corrected chi connectivity index (χ3v) is 3.29. The number of carbonyl (C=O) groups excluding carboxylic acids is 2. The Morgan fingerprint density at radius 1 is 1.28 bits per heavy atom. The molecule has 0 bridgehead atoms. The van der Waals surface area contributed by atoms with Crippen molar-refractivity contribution < 1.29 is 14.3 Å². The molecule has 1 fully saturated rings. The van der Waals surface area contributed by atoms with E-state index in [1.165, 1.54) is 0 Å². The number of hydrogen-bond donors (Lipinski definition) is 0. The van der Waals surface area contributed by atoms with Crippen LogP contribution >= 0.6 is 0 Å². The largest absolute Gasteiger partial charge is 0.461 e. The summed E-state index contributed by atoms with van der Waals surface area (Å²) in [7, 11) is 0. The van der Waals surface area contributed by atoms with Gasteiger partial charge in [-0.15, -0.1) is 0 Å². The van der Waals surface area contributed by atoms with Gasteiger partial charge in [-0.25, -0.2) is 0 Å². The molecular weight excluding hydrogens is 228 g/mol. The van der Waals surface area contributed by atoms with Gasteiger partial charge in [-0.1, -0.05) is 37.3 Å². The Morgan fingerprint density at radius 3 is 2.67 bits per heavy atom. The lowest BCUT2D eigenvalue weighted by Gasteiger charge is -2.24. The predicted molar refractivity (Wildman–Crippen MR) is 67.8 cm³/mol. The standard InChI is InChI=1S/C15H18O3/c1-11-7-13(9-14(16)8-11)15(17)18-10-12-5-3-2-4-6-12/h2-6,11,13H,7-10H2,1H3/t11-,13-/m1/s1. The maximum Gasteiger partial charge on any atom is 0.309 e. The van der Waals surface area contributed by atoms with Gasteiger partial charge in [0.05, 0.1) is 5.92 Å². The van der Waals surface area contributed by atoms with Crippen molar-refractivity contribution in [3.05, 3.63) is 35.9 Å². The number of rotatable bonds is 3. The fourth-order valence-electron chi connectivity index (χ4n) is 2.43. The molecule has 0 spiro atoms. The monoisotopic (exact) mass is 246 g/mol. The van der Waals surface area contributed by atoms with Crippen LogP contribution in [0.4, 0.5) is 0 Å². The molecule has 0 radical (unpaired) electrons. The van der Waals surface area contributed by atoms with Gasteiger partial charge in [0.2, 0.25) is 0 Å². The van der Waals surface area contributed by atoms with Crippen molar-refractivity contribution in [1.29, 1.82) is 0 Å². The van der Waals surface area contributed by atoms with Crippen molar-refractivity contribution in [2.45, 2.75) is 32.8 Å². The summed E-state index contributed by atoms with van der Waals surface area (Å²) >= 11 is 0. The molecule has 0 amide bonds. The molecule has 3 nitrogen and oxygen atoms in total. The zero-order chi connectivity index (χ0) is 13.0. The topological polar surface area (TPSA) is 43.4 Å². The van der Waals surface area contributed by atoms with E-state index < -0.39 is 0 Å².